The van der Waals surface area contributed by atoms with Gasteiger partial charge in [-0.3, -0.25) is 9.59 Å². The van der Waals surface area contributed by atoms with Crippen LogP contribution in [-0.4, -0.2) is 25.0 Å². The summed E-state index contributed by atoms with van der Waals surface area (Å²) in [6.45, 7) is 5.95. The van der Waals surface area contributed by atoms with Crippen LogP contribution in [0.25, 0.3) is 0 Å². The Bertz CT molecular complexity index is 839. The van der Waals surface area contributed by atoms with Crippen LogP contribution in [0.5, 0.6) is 5.75 Å². The fraction of sp³-hybridized carbons (Fsp3) is 0.238. The number of hydrogen-bond donors (Lipinski definition) is 3. The predicted molar refractivity (Wildman–Crippen MR) is 114 cm³/mol. The van der Waals surface area contributed by atoms with Crippen LogP contribution in [0.15, 0.2) is 55.1 Å². The molecule has 2 aromatic rings. The molecule has 0 bridgehead atoms. The summed E-state index contributed by atoms with van der Waals surface area (Å²) in [6.07, 6.45) is 2.87. The highest BCUT2D eigenvalue weighted by atomic mass is 35.5. The molecule has 7 heteroatoms. The number of anilines is 3. The van der Waals surface area contributed by atoms with Gasteiger partial charge in [-0.1, -0.05) is 37.2 Å². The highest BCUT2D eigenvalue weighted by Gasteiger charge is 2.08. The molecule has 0 saturated heterocycles. The van der Waals surface area contributed by atoms with Crippen molar-refractivity contribution < 1.29 is 14.3 Å². The average molecular weight is 402 g/mol. The summed E-state index contributed by atoms with van der Waals surface area (Å²) in [6, 6.07) is 12.2. The van der Waals surface area contributed by atoms with Crippen LogP contribution in [-0.2, 0) is 9.59 Å². The summed E-state index contributed by atoms with van der Waals surface area (Å²) in [4.78, 5) is 24.0. The lowest BCUT2D eigenvalue weighted by atomic mass is 10.2. The Morgan fingerprint density at radius 2 is 1.86 bits per heavy atom. The highest BCUT2D eigenvalue weighted by Crippen LogP contribution is 2.25. The lowest BCUT2D eigenvalue weighted by Gasteiger charge is -2.12. The maximum atomic E-state index is 12.2. The molecule has 0 spiro atoms. The van der Waals surface area contributed by atoms with Gasteiger partial charge in [0.15, 0.2) is 0 Å². The zero-order valence-corrected chi connectivity index (χ0v) is 16.5. The molecule has 0 unspecified atom stereocenters. The Balaban J connectivity index is 1.93. The third-order valence-corrected chi connectivity index (χ3v) is 3.98. The Morgan fingerprint density at radius 1 is 1.11 bits per heavy atom. The number of benzene rings is 2. The van der Waals surface area contributed by atoms with Crippen molar-refractivity contribution in [2.24, 2.45) is 0 Å². The predicted octanol–water partition coefficient (Wildman–Crippen LogP) is 4.69. The zero-order valence-electron chi connectivity index (χ0n) is 15.8. The molecule has 0 fully saturated rings. The normalized spacial score (nSPS) is 10.1. The number of hydrogen-bond acceptors (Lipinski definition) is 4. The first-order valence-corrected chi connectivity index (χ1v) is 9.36. The van der Waals surface area contributed by atoms with Crippen LogP contribution in [0.4, 0.5) is 17.1 Å². The van der Waals surface area contributed by atoms with Crippen LogP contribution < -0.4 is 20.7 Å². The Hall–Kier alpha value is -2.99. The highest BCUT2D eigenvalue weighted by molar-refractivity contribution is 6.33. The first-order chi connectivity index (χ1) is 13.5. The van der Waals surface area contributed by atoms with Gasteiger partial charge in [0.05, 0.1) is 17.3 Å². The molecule has 148 valence electrons. The number of nitrogens with one attached hydrogen (secondary N) is 3. The van der Waals surface area contributed by atoms with Crippen molar-refractivity contribution in [1.29, 1.82) is 0 Å². The van der Waals surface area contributed by atoms with E-state index >= 15 is 0 Å². The van der Waals surface area contributed by atoms with E-state index in [-0.39, 0.29) is 18.4 Å². The fourth-order valence-corrected chi connectivity index (χ4v) is 2.57. The van der Waals surface area contributed by atoms with Crippen molar-refractivity contribution in [3.05, 3.63) is 60.1 Å². The Morgan fingerprint density at radius 3 is 2.61 bits per heavy atom. The van der Waals surface area contributed by atoms with E-state index in [9.17, 15) is 9.59 Å². The van der Waals surface area contributed by atoms with Gasteiger partial charge in [-0.2, -0.15) is 0 Å². The lowest BCUT2D eigenvalue weighted by molar-refractivity contribution is -0.116. The van der Waals surface area contributed by atoms with Gasteiger partial charge >= 0.3 is 0 Å². The molecular formula is C21H24ClN3O3. The van der Waals surface area contributed by atoms with Gasteiger partial charge < -0.3 is 20.7 Å². The van der Waals surface area contributed by atoms with Gasteiger partial charge in [-0.15, -0.1) is 0 Å². The van der Waals surface area contributed by atoms with Crippen LogP contribution in [0.1, 0.15) is 19.8 Å². The summed E-state index contributed by atoms with van der Waals surface area (Å²) in [7, 11) is 0. The Labute approximate surface area is 169 Å². The standard InChI is InChI=1S/C21H24ClN3O3/c1-3-6-20(26)24-16-9-10-18(22)19(13-16)23-14-21(27)25-15-7-5-8-17(12-15)28-11-4-2/h4-5,7-10,12-13,23H,2-3,6,11,14H2,1H3,(H,24,26)(H,25,27). The quantitative estimate of drug-likeness (QED) is 0.504. The number of carbonyl (C=O) groups is 2. The van der Waals surface area contributed by atoms with Crippen molar-refractivity contribution in [3.63, 3.8) is 0 Å². The molecular weight excluding hydrogens is 378 g/mol. The maximum Gasteiger partial charge on any atom is 0.243 e. The number of halogens is 1. The molecule has 0 aliphatic rings. The summed E-state index contributed by atoms with van der Waals surface area (Å²) in [5.41, 5.74) is 1.81. The summed E-state index contributed by atoms with van der Waals surface area (Å²) >= 11 is 6.18. The molecule has 0 atom stereocenters. The van der Waals surface area contributed by atoms with Gasteiger partial charge in [0.2, 0.25) is 11.8 Å². The summed E-state index contributed by atoms with van der Waals surface area (Å²) < 4.78 is 5.45. The van der Waals surface area contributed by atoms with Crippen LogP contribution in [0.3, 0.4) is 0 Å². The van der Waals surface area contributed by atoms with Crippen molar-refractivity contribution in [2.75, 3.05) is 29.1 Å². The minimum atomic E-state index is -0.239. The molecule has 2 amide bonds. The monoisotopic (exact) mass is 401 g/mol. The minimum absolute atomic E-state index is 0.0177. The third-order valence-electron chi connectivity index (χ3n) is 3.65. The van der Waals surface area contributed by atoms with Crippen molar-refractivity contribution >= 4 is 40.5 Å². The number of rotatable bonds is 10. The van der Waals surface area contributed by atoms with E-state index in [1.165, 1.54) is 0 Å². The smallest absolute Gasteiger partial charge is 0.243 e. The first kappa shape index (κ1) is 21.3. The molecule has 6 nitrogen and oxygen atoms in total. The molecule has 3 N–H and O–H groups in total. The molecule has 28 heavy (non-hydrogen) atoms. The average Bonchev–Trinajstić information content (AvgIpc) is 2.67. The Kier molecular flexibility index (Phi) is 8.37. The molecule has 0 heterocycles. The molecule has 0 aromatic heterocycles. The maximum absolute atomic E-state index is 12.2. The van der Waals surface area contributed by atoms with Crippen molar-refractivity contribution in [2.45, 2.75) is 19.8 Å². The molecule has 2 aromatic carbocycles. The number of ether oxygens (including phenoxy) is 1. The summed E-state index contributed by atoms with van der Waals surface area (Å²) in [5.74, 6) is 0.341. The molecule has 0 aliphatic carbocycles. The van der Waals surface area contributed by atoms with Crippen LogP contribution in [0.2, 0.25) is 5.02 Å². The van der Waals surface area contributed by atoms with E-state index in [0.29, 0.717) is 40.9 Å². The SMILES string of the molecule is C=CCOc1cccc(NC(=O)CNc2cc(NC(=O)CCC)ccc2Cl)c1. The van der Waals surface area contributed by atoms with Gasteiger partial charge in [0, 0.05) is 23.9 Å². The van der Waals surface area contributed by atoms with Gasteiger partial charge in [0.1, 0.15) is 12.4 Å². The van der Waals surface area contributed by atoms with Crippen molar-refractivity contribution in [1.82, 2.24) is 0 Å². The third kappa shape index (κ3) is 6.96. The van der Waals surface area contributed by atoms with Gasteiger partial charge in [0.25, 0.3) is 0 Å². The molecule has 0 aliphatic heterocycles. The summed E-state index contributed by atoms with van der Waals surface area (Å²) in [5, 5.41) is 9.04. The largest absolute Gasteiger partial charge is 0.489 e. The fourth-order valence-electron chi connectivity index (χ4n) is 2.39. The topological polar surface area (TPSA) is 79.5 Å². The van der Waals surface area contributed by atoms with E-state index in [1.54, 1.807) is 48.5 Å². The van der Waals surface area contributed by atoms with E-state index < -0.39 is 0 Å². The van der Waals surface area contributed by atoms with E-state index in [1.807, 2.05) is 6.92 Å². The molecule has 2 rings (SSSR count). The number of carbonyl (C=O) groups excluding carboxylic acids is 2. The molecule has 0 saturated carbocycles. The first-order valence-electron chi connectivity index (χ1n) is 8.98. The lowest BCUT2D eigenvalue weighted by Crippen LogP contribution is -2.22. The second kappa shape index (κ2) is 11.0. The zero-order chi connectivity index (χ0) is 20.4. The van der Waals surface area contributed by atoms with Gasteiger partial charge in [-0.25, -0.2) is 0 Å². The minimum Gasteiger partial charge on any atom is -0.489 e. The molecule has 0 radical (unpaired) electrons. The van der Waals surface area contributed by atoms with Crippen molar-refractivity contribution in [3.8, 4) is 5.75 Å². The van der Waals surface area contributed by atoms with Crippen LogP contribution >= 0.6 is 11.6 Å². The van der Waals surface area contributed by atoms with E-state index in [4.69, 9.17) is 16.3 Å². The van der Waals surface area contributed by atoms with E-state index in [2.05, 4.69) is 22.5 Å². The van der Waals surface area contributed by atoms with E-state index in [0.717, 1.165) is 6.42 Å². The number of amides is 2. The van der Waals surface area contributed by atoms with Gasteiger partial charge in [-0.05, 0) is 36.8 Å². The second-order valence-corrected chi connectivity index (χ2v) is 6.43. The second-order valence-electron chi connectivity index (χ2n) is 6.02. The van der Waals surface area contributed by atoms with Crippen LogP contribution in [0, 0.1) is 0 Å².